The molecule has 1 fully saturated rings. The Hall–Kier alpha value is 0.100. The average molecular weight is 255 g/mol. The largest absolute Gasteiger partial charge is 0.393 e. The summed E-state index contributed by atoms with van der Waals surface area (Å²) >= 11 is 1.68. The highest BCUT2D eigenvalue weighted by molar-refractivity contribution is 7.99. The molecule has 0 heterocycles. The fourth-order valence-electron chi connectivity index (χ4n) is 2.17. The summed E-state index contributed by atoms with van der Waals surface area (Å²) in [7, 11) is 0. The van der Waals surface area contributed by atoms with Crippen LogP contribution in [0.3, 0.4) is 0 Å². The lowest BCUT2D eigenvalue weighted by atomic mass is 9.84. The maximum atomic E-state index is 12.8. The van der Waals surface area contributed by atoms with E-state index in [2.05, 4.69) is 5.32 Å². The van der Waals surface area contributed by atoms with Crippen molar-refractivity contribution in [1.82, 2.24) is 5.32 Å². The molecule has 0 saturated heterocycles. The Morgan fingerprint density at radius 1 is 1.31 bits per heavy atom. The molecule has 0 aromatic rings. The highest BCUT2D eigenvalue weighted by Gasteiger charge is 2.45. The third-order valence-corrected chi connectivity index (χ3v) is 4.23. The molecule has 1 nitrogen and oxygen atoms in total. The van der Waals surface area contributed by atoms with E-state index in [-0.39, 0.29) is 12.5 Å². The number of hydrogen-bond donors (Lipinski definition) is 1. The molecule has 0 aliphatic heterocycles. The van der Waals surface area contributed by atoms with E-state index in [4.69, 9.17) is 0 Å². The molecular formula is C11H20F3NS. The zero-order chi connectivity index (χ0) is 12.2. The fraction of sp³-hybridized carbons (Fsp3) is 1.00. The van der Waals surface area contributed by atoms with Crippen LogP contribution in [0.2, 0.25) is 0 Å². The Morgan fingerprint density at radius 2 is 1.94 bits per heavy atom. The van der Waals surface area contributed by atoms with Gasteiger partial charge in [0.05, 0.1) is 5.92 Å². The Labute approximate surface area is 99.6 Å². The van der Waals surface area contributed by atoms with Gasteiger partial charge in [-0.05, 0) is 19.1 Å². The van der Waals surface area contributed by atoms with Gasteiger partial charge in [0.1, 0.15) is 0 Å². The quantitative estimate of drug-likeness (QED) is 0.825. The van der Waals surface area contributed by atoms with Gasteiger partial charge in [0, 0.05) is 17.8 Å². The third kappa shape index (κ3) is 4.17. The van der Waals surface area contributed by atoms with E-state index in [1.54, 1.807) is 11.8 Å². The molecule has 1 aliphatic carbocycles. The van der Waals surface area contributed by atoms with Gasteiger partial charge in [0.2, 0.25) is 0 Å². The molecule has 1 N–H and O–H groups in total. The predicted octanol–water partition coefficient (Wildman–Crippen LogP) is 3.45. The highest BCUT2D eigenvalue weighted by atomic mass is 32.2. The van der Waals surface area contributed by atoms with Crippen molar-refractivity contribution >= 4 is 11.8 Å². The van der Waals surface area contributed by atoms with Crippen molar-refractivity contribution < 1.29 is 13.2 Å². The van der Waals surface area contributed by atoms with Gasteiger partial charge in [0.15, 0.2) is 0 Å². The highest BCUT2D eigenvalue weighted by Crippen LogP contribution is 2.37. The molecule has 5 heteroatoms. The molecule has 0 aromatic heterocycles. The lowest BCUT2D eigenvalue weighted by Gasteiger charge is -2.34. The molecule has 3 unspecified atom stereocenters. The van der Waals surface area contributed by atoms with Crippen LogP contribution in [0.1, 0.15) is 32.6 Å². The Morgan fingerprint density at radius 3 is 2.50 bits per heavy atom. The zero-order valence-electron chi connectivity index (χ0n) is 9.81. The van der Waals surface area contributed by atoms with Gasteiger partial charge >= 0.3 is 6.18 Å². The Balaban J connectivity index is 2.47. The molecule has 96 valence electrons. The van der Waals surface area contributed by atoms with Gasteiger partial charge in [-0.25, -0.2) is 0 Å². The Kier molecular flexibility index (Phi) is 5.44. The van der Waals surface area contributed by atoms with Crippen LogP contribution < -0.4 is 5.32 Å². The molecule has 0 aromatic carbocycles. The lowest BCUT2D eigenvalue weighted by Crippen LogP contribution is -2.46. The van der Waals surface area contributed by atoms with Crippen molar-refractivity contribution in [3.05, 3.63) is 0 Å². The van der Waals surface area contributed by atoms with Crippen LogP contribution in [0, 0.1) is 5.92 Å². The van der Waals surface area contributed by atoms with Crippen LogP contribution in [0.4, 0.5) is 13.2 Å². The number of rotatable bonds is 4. The first-order valence-electron chi connectivity index (χ1n) is 5.78. The number of alkyl halides is 3. The molecule has 0 amide bonds. The molecule has 0 spiro atoms. The summed E-state index contributed by atoms with van der Waals surface area (Å²) in [5, 5.41) is 3.46. The van der Waals surface area contributed by atoms with Crippen molar-refractivity contribution in [2.24, 2.45) is 5.92 Å². The van der Waals surface area contributed by atoms with Gasteiger partial charge in [0.25, 0.3) is 0 Å². The minimum Gasteiger partial charge on any atom is -0.312 e. The molecular weight excluding hydrogens is 235 g/mol. The number of thioether (sulfide) groups is 1. The first-order chi connectivity index (χ1) is 7.45. The first-order valence-corrected chi connectivity index (χ1v) is 7.07. The van der Waals surface area contributed by atoms with Gasteiger partial charge in [-0.1, -0.05) is 19.8 Å². The third-order valence-electron chi connectivity index (χ3n) is 3.26. The normalized spacial score (nSPS) is 29.1. The first kappa shape index (κ1) is 14.2. The summed E-state index contributed by atoms with van der Waals surface area (Å²) in [5.74, 6) is -1.14. The maximum absolute atomic E-state index is 12.8. The van der Waals surface area contributed by atoms with E-state index >= 15 is 0 Å². The van der Waals surface area contributed by atoms with Crippen LogP contribution >= 0.6 is 11.8 Å². The van der Waals surface area contributed by atoms with Crippen LogP contribution in [0.15, 0.2) is 0 Å². The van der Waals surface area contributed by atoms with Crippen molar-refractivity contribution in [2.45, 2.75) is 50.1 Å². The van der Waals surface area contributed by atoms with Crippen molar-refractivity contribution in [2.75, 3.05) is 12.8 Å². The minimum atomic E-state index is -4.04. The van der Waals surface area contributed by atoms with Gasteiger partial charge in [-0.15, -0.1) is 0 Å². The minimum absolute atomic E-state index is 0.287. The summed E-state index contributed by atoms with van der Waals surface area (Å²) in [6.45, 7) is 2.70. The summed E-state index contributed by atoms with van der Waals surface area (Å²) in [4.78, 5) is 0. The van der Waals surface area contributed by atoms with Crippen molar-refractivity contribution in [1.29, 1.82) is 0 Å². The maximum Gasteiger partial charge on any atom is 0.393 e. The fourth-order valence-corrected chi connectivity index (χ4v) is 2.43. The van der Waals surface area contributed by atoms with Crippen LogP contribution in [-0.4, -0.2) is 30.3 Å². The van der Waals surface area contributed by atoms with E-state index in [1.807, 2.05) is 13.2 Å². The Bertz CT molecular complexity index is 208. The van der Waals surface area contributed by atoms with Crippen LogP contribution in [0.25, 0.3) is 0 Å². The molecule has 16 heavy (non-hydrogen) atoms. The molecule has 0 radical (unpaired) electrons. The van der Waals surface area contributed by atoms with Crippen LogP contribution in [0.5, 0.6) is 0 Å². The van der Waals surface area contributed by atoms with Crippen molar-refractivity contribution in [3.63, 3.8) is 0 Å². The van der Waals surface area contributed by atoms with Crippen molar-refractivity contribution in [3.8, 4) is 0 Å². The summed E-state index contributed by atoms with van der Waals surface area (Å²) in [5.41, 5.74) is 0. The topological polar surface area (TPSA) is 12.0 Å². The lowest BCUT2D eigenvalue weighted by molar-refractivity contribution is -0.188. The molecule has 1 rings (SSSR count). The smallest absolute Gasteiger partial charge is 0.312 e. The van der Waals surface area contributed by atoms with E-state index in [0.717, 1.165) is 6.42 Å². The van der Waals surface area contributed by atoms with E-state index in [9.17, 15) is 13.2 Å². The van der Waals surface area contributed by atoms with Gasteiger partial charge < -0.3 is 5.32 Å². The predicted molar refractivity (Wildman–Crippen MR) is 62.8 cm³/mol. The van der Waals surface area contributed by atoms with Gasteiger partial charge in [-0.2, -0.15) is 24.9 Å². The number of halogens is 3. The second kappa shape index (κ2) is 6.15. The average Bonchev–Trinajstić information content (AvgIpc) is 2.25. The number of hydrogen-bond acceptors (Lipinski definition) is 2. The SMILES string of the molecule is CSC(C)CNC1CCCCC1C(F)(F)F. The second-order valence-electron chi connectivity index (χ2n) is 4.49. The molecule has 0 bridgehead atoms. The van der Waals surface area contributed by atoms with E-state index in [0.29, 0.717) is 24.6 Å². The summed E-state index contributed by atoms with van der Waals surface area (Å²) in [6, 6.07) is -0.372. The molecule has 3 atom stereocenters. The van der Waals surface area contributed by atoms with E-state index in [1.165, 1.54) is 0 Å². The summed E-state index contributed by atoms with van der Waals surface area (Å²) < 4.78 is 38.3. The monoisotopic (exact) mass is 255 g/mol. The van der Waals surface area contributed by atoms with E-state index < -0.39 is 12.1 Å². The molecule has 1 saturated carbocycles. The van der Waals surface area contributed by atoms with Crippen LogP contribution in [-0.2, 0) is 0 Å². The van der Waals surface area contributed by atoms with Gasteiger partial charge in [-0.3, -0.25) is 0 Å². The summed E-state index contributed by atoms with van der Waals surface area (Å²) in [6.07, 6.45) is 0.508. The standard InChI is InChI=1S/C11H20F3NS/c1-8(16-2)7-15-10-6-4-3-5-9(10)11(12,13)14/h8-10,15H,3-7H2,1-2H3. The second-order valence-corrected chi connectivity index (χ2v) is 5.77. The molecule has 1 aliphatic rings. The number of nitrogens with one attached hydrogen (secondary N) is 1. The zero-order valence-corrected chi connectivity index (χ0v) is 10.6.